The van der Waals surface area contributed by atoms with Crippen molar-refractivity contribution < 1.29 is 4.79 Å². The molecular weight excluding hydrogens is 384 g/mol. The monoisotopic (exact) mass is 410 g/mol. The smallest absolute Gasteiger partial charge is 0.274 e. The lowest BCUT2D eigenvalue weighted by Gasteiger charge is -2.39. The summed E-state index contributed by atoms with van der Waals surface area (Å²) in [6.07, 6.45) is 1.86. The van der Waals surface area contributed by atoms with Crippen molar-refractivity contribution in [2.24, 2.45) is 0 Å². The Labute approximate surface area is 182 Å². The van der Waals surface area contributed by atoms with Gasteiger partial charge in [0, 0.05) is 38.1 Å². The van der Waals surface area contributed by atoms with Crippen molar-refractivity contribution in [2.45, 2.75) is 13.0 Å². The normalized spacial score (nSPS) is 15.0. The molecule has 1 saturated heterocycles. The van der Waals surface area contributed by atoms with Crippen molar-refractivity contribution in [3.63, 3.8) is 0 Å². The average Bonchev–Trinajstić information content (AvgIpc) is 3.27. The Morgan fingerprint density at radius 3 is 2.00 bits per heavy atom. The second-order valence-corrected chi connectivity index (χ2v) is 8.07. The molecule has 5 heteroatoms. The van der Waals surface area contributed by atoms with Gasteiger partial charge in [0.05, 0.1) is 6.04 Å². The SMILES string of the molecule is Cc1cccc2nc(C(=O)N3CCN(C(c4ccccc4)c4ccccc4)CC3)cn12. The standard InChI is InChI=1S/C26H26N4O/c1-20-9-8-14-24-27-23(19-30(20)24)26(31)29-17-15-28(16-18-29)25(21-10-4-2-5-11-21)22-12-6-3-7-13-22/h2-14,19,25H,15-18H2,1H3. The van der Waals surface area contributed by atoms with Gasteiger partial charge in [0.1, 0.15) is 11.3 Å². The molecule has 0 radical (unpaired) electrons. The number of hydrogen-bond donors (Lipinski definition) is 0. The molecule has 5 nitrogen and oxygen atoms in total. The summed E-state index contributed by atoms with van der Waals surface area (Å²) in [5.74, 6) is 0.0127. The van der Waals surface area contributed by atoms with Gasteiger partial charge in [0.25, 0.3) is 5.91 Å². The van der Waals surface area contributed by atoms with Crippen LogP contribution in [0.25, 0.3) is 5.65 Å². The van der Waals surface area contributed by atoms with Crippen molar-refractivity contribution >= 4 is 11.6 Å². The first-order valence-corrected chi connectivity index (χ1v) is 10.8. The van der Waals surface area contributed by atoms with Crippen LogP contribution in [0.1, 0.15) is 33.4 Å². The van der Waals surface area contributed by atoms with Crippen LogP contribution in [0, 0.1) is 6.92 Å². The molecule has 0 spiro atoms. The Morgan fingerprint density at radius 1 is 0.806 bits per heavy atom. The van der Waals surface area contributed by atoms with Crippen molar-refractivity contribution in [1.29, 1.82) is 0 Å². The van der Waals surface area contributed by atoms with Gasteiger partial charge in [-0.05, 0) is 30.2 Å². The van der Waals surface area contributed by atoms with E-state index in [1.54, 1.807) is 0 Å². The average molecular weight is 411 g/mol. The van der Waals surface area contributed by atoms with E-state index in [0.29, 0.717) is 18.8 Å². The summed E-state index contributed by atoms with van der Waals surface area (Å²) in [7, 11) is 0. The predicted octanol–water partition coefficient (Wildman–Crippen LogP) is 4.19. The number of imidazole rings is 1. The summed E-state index contributed by atoms with van der Waals surface area (Å²) >= 11 is 0. The van der Waals surface area contributed by atoms with Crippen LogP contribution in [0.15, 0.2) is 85.1 Å². The third-order valence-corrected chi connectivity index (χ3v) is 6.11. The Bertz CT molecular complexity index is 1140. The molecule has 0 saturated carbocycles. The molecule has 5 rings (SSSR count). The molecule has 1 fully saturated rings. The van der Waals surface area contributed by atoms with Gasteiger partial charge in [-0.25, -0.2) is 4.98 Å². The molecule has 2 aromatic carbocycles. The number of piperazine rings is 1. The number of benzene rings is 2. The maximum absolute atomic E-state index is 13.1. The van der Waals surface area contributed by atoms with Crippen molar-refractivity contribution in [2.75, 3.05) is 26.2 Å². The highest BCUT2D eigenvalue weighted by atomic mass is 16.2. The van der Waals surface area contributed by atoms with Crippen LogP contribution in [0.3, 0.4) is 0 Å². The molecule has 0 atom stereocenters. The Hall–Kier alpha value is -3.44. The minimum absolute atomic E-state index is 0.0127. The molecule has 4 aromatic rings. The zero-order chi connectivity index (χ0) is 21.2. The van der Waals surface area contributed by atoms with E-state index in [0.717, 1.165) is 24.4 Å². The van der Waals surface area contributed by atoms with E-state index >= 15 is 0 Å². The lowest BCUT2D eigenvalue weighted by Crippen LogP contribution is -2.50. The number of pyridine rings is 1. The number of hydrogen-bond acceptors (Lipinski definition) is 3. The molecule has 0 N–H and O–H groups in total. The number of carbonyl (C=O) groups is 1. The zero-order valence-electron chi connectivity index (χ0n) is 17.7. The molecule has 3 heterocycles. The Morgan fingerprint density at radius 2 is 1.42 bits per heavy atom. The van der Waals surface area contributed by atoms with Gasteiger partial charge >= 0.3 is 0 Å². The molecule has 0 aliphatic carbocycles. The maximum Gasteiger partial charge on any atom is 0.274 e. The third-order valence-electron chi connectivity index (χ3n) is 6.11. The molecule has 1 amide bonds. The first-order chi connectivity index (χ1) is 15.2. The molecular formula is C26H26N4O. The van der Waals surface area contributed by atoms with E-state index in [4.69, 9.17) is 0 Å². The van der Waals surface area contributed by atoms with Crippen LogP contribution < -0.4 is 0 Å². The van der Waals surface area contributed by atoms with E-state index in [2.05, 4.69) is 70.5 Å². The highest BCUT2D eigenvalue weighted by Crippen LogP contribution is 2.29. The fraction of sp³-hybridized carbons (Fsp3) is 0.231. The minimum Gasteiger partial charge on any atom is -0.335 e. The molecule has 156 valence electrons. The van der Waals surface area contributed by atoms with Gasteiger partial charge in [-0.1, -0.05) is 66.7 Å². The van der Waals surface area contributed by atoms with Gasteiger partial charge < -0.3 is 9.30 Å². The molecule has 0 bridgehead atoms. The molecule has 2 aromatic heterocycles. The molecule has 31 heavy (non-hydrogen) atoms. The van der Waals surface area contributed by atoms with Crippen LogP contribution in [-0.4, -0.2) is 51.3 Å². The van der Waals surface area contributed by atoms with Crippen LogP contribution in [0.4, 0.5) is 0 Å². The van der Waals surface area contributed by atoms with E-state index in [9.17, 15) is 4.79 Å². The lowest BCUT2D eigenvalue weighted by atomic mass is 9.96. The molecule has 0 unspecified atom stereocenters. The number of amides is 1. The zero-order valence-corrected chi connectivity index (χ0v) is 17.7. The number of aromatic nitrogens is 2. The highest BCUT2D eigenvalue weighted by Gasteiger charge is 2.29. The summed E-state index contributed by atoms with van der Waals surface area (Å²) in [6.45, 7) is 5.07. The number of aryl methyl sites for hydroxylation is 1. The van der Waals surface area contributed by atoms with E-state index < -0.39 is 0 Å². The second kappa shape index (κ2) is 8.36. The first-order valence-electron chi connectivity index (χ1n) is 10.8. The van der Waals surface area contributed by atoms with E-state index in [-0.39, 0.29) is 11.9 Å². The van der Waals surface area contributed by atoms with Crippen LogP contribution in [0.5, 0.6) is 0 Å². The number of carbonyl (C=O) groups excluding carboxylic acids is 1. The summed E-state index contributed by atoms with van der Waals surface area (Å²) in [5.41, 5.74) is 4.97. The van der Waals surface area contributed by atoms with Gasteiger partial charge in [-0.15, -0.1) is 0 Å². The van der Waals surface area contributed by atoms with E-state index in [1.807, 2.05) is 40.6 Å². The van der Waals surface area contributed by atoms with Crippen LogP contribution in [-0.2, 0) is 0 Å². The topological polar surface area (TPSA) is 40.9 Å². The second-order valence-electron chi connectivity index (χ2n) is 8.07. The van der Waals surface area contributed by atoms with Gasteiger partial charge in [-0.2, -0.15) is 0 Å². The predicted molar refractivity (Wildman–Crippen MR) is 122 cm³/mol. The molecule has 1 aliphatic heterocycles. The van der Waals surface area contributed by atoms with Crippen molar-refractivity contribution in [1.82, 2.24) is 19.2 Å². The number of fused-ring (bicyclic) bond motifs is 1. The van der Waals surface area contributed by atoms with Crippen molar-refractivity contribution in [3.8, 4) is 0 Å². The highest BCUT2D eigenvalue weighted by molar-refractivity contribution is 5.93. The van der Waals surface area contributed by atoms with Crippen LogP contribution >= 0.6 is 0 Å². The fourth-order valence-electron chi connectivity index (χ4n) is 4.48. The number of rotatable bonds is 4. The summed E-state index contributed by atoms with van der Waals surface area (Å²) in [5, 5.41) is 0. The molecule has 1 aliphatic rings. The number of nitrogens with zero attached hydrogens (tertiary/aromatic N) is 4. The summed E-state index contributed by atoms with van der Waals surface area (Å²) in [6, 6.07) is 27.4. The van der Waals surface area contributed by atoms with Gasteiger partial charge in [0.15, 0.2) is 0 Å². The first kappa shape index (κ1) is 19.5. The van der Waals surface area contributed by atoms with Gasteiger partial charge in [0.2, 0.25) is 0 Å². The Kier molecular flexibility index (Phi) is 5.26. The fourth-order valence-corrected chi connectivity index (χ4v) is 4.48. The summed E-state index contributed by atoms with van der Waals surface area (Å²) < 4.78 is 1.98. The quantitative estimate of drug-likeness (QED) is 0.507. The van der Waals surface area contributed by atoms with Crippen LogP contribution in [0.2, 0.25) is 0 Å². The third kappa shape index (κ3) is 3.84. The van der Waals surface area contributed by atoms with Crippen molar-refractivity contribution in [3.05, 3.63) is 108 Å². The Balaban J connectivity index is 1.34. The van der Waals surface area contributed by atoms with E-state index in [1.165, 1.54) is 11.1 Å². The largest absolute Gasteiger partial charge is 0.335 e. The minimum atomic E-state index is 0.0127. The lowest BCUT2D eigenvalue weighted by molar-refractivity contribution is 0.0592. The van der Waals surface area contributed by atoms with Gasteiger partial charge in [-0.3, -0.25) is 9.69 Å². The maximum atomic E-state index is 13.1. The summed E-state index contributed by atoms with van der Waals surface area (Å²) in [4.78, 5) is 22.1.